The van der Waals surface area contributed by atoms with Crippen LogP contribution in [0.1, 0.15) is 18.4 Å². The SMILES string of the molecule is COc1ccc(N2C[C@@H](NC(=O)NCCCc3ccccc3)CC2=O)cc1. The number of nitrogens with one attached hydrogen (secondary N) is 2. The molecule has 0 bridgehead atoms. The lowest BCUT2D eigenvalue weighted by atomic mass is 10.1. The minimum atomic E-state index is -0.225. The predicted molar refractivity (Wildman–Crippen MR) is 105 cm³/mol. The highest BCUT2D eigenvalue weighted by molar-refractivity contribution is 5.96. The van der Waals surface area contributed by atoms with Gasteiger partial charge in [-0.2, -0.15) is 0 Å². The van der Waals surface area contributed by atoms with Gasteiger partial charge in [-0.25, -0.2) is 4.79 Å². The Morgan fingerprint density at radius 3 is 2.59 bits per heavy atom. The molecule has 1 aliphatic heterocycles. The molecular formula is C21H25N3O3. The molecule has 1 saturated heterocycles. The fraction of sp³-hybridized carbons (Fsp3) is 0.333. The highest BCUT2D eigenvalue weighted by Crippen LogP contribution is 2.24. The Morgan fingerprint density at radius 1 is 1.15 bits per heavy atom. The molecule has 0 aromatic heterocycles. The van der Waals surface area contributed by atoms with Crippen molar-refractivity contribution in [3.05, 3.63) is 60.2 Å². The lowest BCUT2D eigenvalue weighted by molar-refractivity contribution is -0.117. The summed E-state index contributed by atoms with van der Waals surface area (Å²) in [4.78, 5) is 26.0. The number of rotatable bonds is 7. The molecule has 0 aliphatic carbocycles. The molecule has 1 atom stereocenters. The van der Waals surface area contributed by atoms with Crippen LogP contribution in [0.25, 0.3) is 0 Å². The van der Waals surface area contributed by atoms with Crippen LogP contribution in [0.3, 0.4) is 0 Å². The van der Waals surface area contributed by atoms with Gasteiger partial charge in [0.1, 0.15) is 5.75 Å². The summed E-state index contributed by atoms with van der Waals surface area (Å²) in [6.45, 7) is 1.08. The van der Waals surface area contributed by atoms with Gasteiger partial charge in [0.2, 0.25) is 5.91 Å². The number of nitrogens with zero attached hydrogens (tertiary/aromatic N) is 1. The van der Waals surface area contributed by atoms with Crippen LogP contribution in [0, 0.1) is 0 Å². The lowest BCUT2D eigenvalue weighted by Crippen LogP contribution is -2.43. The average molecular weight is 367 g/mol. The molecule has 1 aliphatic rings. The third kappa shape index (κ3) is 5.23. The maximum atomic E-state index is 12.3. The standard InChI is InChI=1S/C21H25N3O3/c1-27-19-11-9-18(10-12-19)24-15-17(14-20(24)25)23-21(26)22-13-5-8-16-6-3-2-4-7-16/h2-4,6-7,9-12,17H,5,8,13-15H2,1H3,(H2,22,23,26)/t17-/m0/s1. The van der Waals surface area contributed by atoms with E-state index in [1.165, 1.54) is 5.56 Å². The Labute approximate surface area is 159 Å². The molecule has 2 aromatic carbocycles. The van der Waals surface area contributed by atoms with Gasteiger partial charge in [0.15, 0.2) is 0 Å². The van der Waals surface area contributed by atoms with Crippen molar-refractivity contribution in [1.82, 2.24) is 10.6 Å². The van der Waals surface area contributed by atoms with Crippen LogP contribution >= 0.6 is 0 Å². The van der Waals surface area contributed by atoms with Crippen LogP contribution in [0.5, 0.6) is 5.75 Å². The maximum Gasteiger partial charge on any atom is 0.315 e. The topological polar surface area (TPSA) is 70.7 Å². The smallest absolute Gasteiger partial charge is 0.315 e. The molecule has 2 aromatic rings. The summed E-state index contributed by atoms with van der Waals surface area (Å²) in [6, 6.07) is 17.1. The molecular weight excluding hydrogens is 342 g/mol. The first kappa shape index (κ1) is 18.8. The number of urea groups is 1. The summed E-state index contributed by atoms with van der Waals surface area (Å²) in [5.41, 5.74) is 2.07. The van der Waals surface area contributed by atoms with Crippen LogP contribution in [-0.2, 0) is 11.2 Å². The molecule has 1 fully saturated rings. The summed E-state index contributed by atoms with van der Waals surface area (Å²) < 4.78 is 5.14. The molecule has 0 radical (unpaired) electrons. The van der Waals surface area contributed by atoms with Crippen molar-refractivity contribution in [2.24, 2.45) is 0 Å². The normalized spacial score (nSPS) is 16.3. The Morgan fingerprint density at radius 2 is 1.89 bits per heavy atom. The van der Waals surface area contributed by atoms with Crippen LogP contribution in [0.4, 0.5) is 10.5 Å². The Kier molecular flexibility index (Phi) is 6.30. The number of carbonyl (C=O) groups is 2. The highest BCUT2D eigenvalue weighted by atomic mass is 16.5. The van der Waals surface area contributed by atoms with Crippen LogP contribution < -0.4 is 20.3 Å². The minimum Gasteiger partial charge on any atom is -0.497 e. The molecule has 6 nitrogen and oxygen atoms in total. The minimum absolute atomic E-state index is 0.00884. The fourth-order valence-electron chi connectivity index (χ4n) is 3.19. The molecule has 6 heteroatoms. The fourth-order valence-corrected chi connectivity index (χ4v) is 3.19. The zero-order valence-corrected chi connectivity index (χ0v) is 15.5. The van der Waals surface area contributed by atoms with Gasteiger partial charge < -0.3 is 20.3 Å². The van der Waals surface area contributed by atoms with Crippen molar-refractivity contribution < 1.29 is 14.3 Å². The molecule has 0 spiro atoms. The second-order valence-electron chi connectivity index (χ2n) is 6.59. The van der Waals surface area contributed by atoms with Crippen molar-refractivity contribution in [3.8, 4) is 5.75 Å². The number of anilines is 1. The van der Waals surface area contributed by atoms with E-state index in [1.54, 1.807) is 12.0 Å². The summed E-state index contributed by atoms with van der Waals surface area (Å²) in [5, 5.41) is 5.76. The van der Waals surface area contributed by atoms with Gasteiger partial charge in [0.05, 0.1) is 13.2 Å². The van der Waals surface area contributed by atoms with E-state index >= 15 is 0 Å². The van der Waals surface area contributed by atoms with E-state index in [-0.39, 0.29) is 18.0 Å². The molecule has 0 unspecified atom stereocenters. The maximum absolute atomic E-state index is 12.3. The van der Waals surface area contributed by atoms with E-state index < -0.39 is 0 Å². The quantitative estimate of drug-likeness (QED) is 0.739. The zero-order chi connectivity index (χ0) is 19.1. The predicted octanol–water partition coefficient (Wildman–Crippen LogP) is 2.73. The van der Waals surface area contributed by atoms with Crippen molar-refractivity contribution in [2.45, 2.75) is 25.3 Å². The first-order valence-corrected chi connectivity index (χ1v) is 9.18. The zero-order valence-electron chi connectivity index (χ0n) is 15.5. The number of aryl methyl sites for hydroxylation is 1. The number of hydrogen-bond acceptors (Lipinski definition) is 3. The van der Waals surface area contributed by atoms with Gasteiger partial charge in [-0.15, -0.1) is 0 Å². The van der Waals surface area contributed by atoms with E-state index in [0.29, 0.717) is 19.5 Å². The molecule has 3 amide bonds. The third-order valence-electron chi connectivity index (χ3n) is 4.61. The second-order valence-corrected chi connectivity index (χ2v) is 6.59. The van der Waals surface area contributed by atoms with Gasteiger partial charge >= 0.3 is 6.03 Å². The first-order chi connectivity index (χ1) is 13.2. The number of benzene rings is 2. The van der Waals surface area contributed by atoms with Crippen LogP contribution in [-0.4, -0.2) is 38.2 Å². The summed E-state index contributed by atoms with van der Waals surface area (Å²) in [6.07, 6.45) is 2.11. The Bertz CT molecular complexity index is 762. The molecule has 0 saturated carbocycles. The number of hydrogen-bond donors (Lipinski definition) is 2. The van der Waals surface area contributed by atoms with Gasteiger partial charge in [0.25, 0.3) is 0 Å². The molecule has 3 rings (SSSR count). The van der Waals surface area contributed by atoms with Crippen molar-refractivity contribution in [2.75, 3.05) is 25.1 Å². The van der Waals surface area contributed by atoms with Crippen molar-refractivity contribution in [3.63, 3.8) is 0 Å². The van der Waals surface area contributed by atoms with E-state index in [4.69, 9.17) is 4.74 Å². The van der Waals surface area contributed by atoms with E-state index in [2.05, 4.69) is 22.8 Å². The number of ether oxygens (including phenoxy) is 1. The van der Waals surface area contributed by atoms with Gasteiger partial charge in [-0.3, -0.25) is 4.79 Å². The van der Waals surface area contributed by atoms with E-state index in [9.17, 15) is 9.59 Å². The Balaban J connectivity index is 1.41. The molecule has 27 heavy (non-hydrogen) atoms. The highest BCUT2D eigenvalue weighted by Gasteiger charge is 2.31. The third-order valence-corrected chi connectivity index (χ3v) is 4.61. The average Bonchev–Trinajstić information content (AvgIpc) is 3.06. The van der Waals surface area contributed by atoms with Crippen molar-refractivity contribution in [1.29, 1.82) is 0 Å². The second kappa shape index (κ2) is 9.07. The lowest BCUT2D eigenvalue weighted by Gasteiger charge is -2.17. The van der Waals surface area contributed by atoms with Gasteiger partial charge in [0, 0.05) is 25.2 Å². The summed E-state index contributed by atoms with van der Waals surface area (Å²) in [7, 11) is 1.61. The number of carbonyl (C=O) groups excluding carboxylic acids is 2. The van der Waals surface area contributed by atoms with Crippen LogP contribution in [0.2, 0.25) is 0 Å². The molecule has 142 valence electrons. The largest absolute Gasteiger partial charge is 0.497 e. The van der Waals surface area contributed by atoms with Crippen LogP contribution in [0.15, 0.2) is 54.6 Å². The van der Waals surface area contributed by atoms with Crippen molar-refractivity contribution >= 4 is 17.6 Å². The first-order valence-electron chi connectivity index (χ1n) is 9.18. The summed E-state index contributed by atoms with van der Waals surface area (Å²) in [5.74, 6) is 0.754. The number of amides is 3. The number of methoxy groups -OCH3 is 1. The van der Waals surface area contributed by atoms with Gasteiger partial charge in [-0.1, -0.05) is 30.3 Å². The Hall–Kier alpha value is -3.02. The summed E-state index contributed by atoms with van der Waals surface area (Å²) >= 11 is 0. The molecule has 2 N–H and O–H groups in total. The van der Waals surface area contributed by atoms with Gasteiger partial charge in [-0.05, 0) is 42.7 Å². The van der Waals surface area contributed by atoms with E-state index in [0.717, 1.165) is 24.3 Å². The molecule has 1 heterocycles. The monoisotopic (exact) mass is 367 g/mol. The van der Waals surface area contributed by atoms with E-state index in [1.807, 2.05) is 42.5 Å².